The monoisotopic (exact) mass is 229 g/mol. The molecule has 1 unspecified atom stereocenters. The Hall–Kier alpha value is -1.57. The van der Waals surface area contributed by atoms with Gasteiger partial charge in [0.15, 0.2) is 0 Å². The van der Waals surface area contributed by atoms with Gasteiger partial charge in [0, 0.05) is 13.1 Å². The highest BCUT2D eigenvalue weighted by atomic mass is 16.2. The van der Waals surface area contributed by atoms with E-state index in [0.717, 1.165) is 18.4 Å². The van der Waals surface area contributed by atoms with Crippen LogP contribution >= 0.6 is 0 Å². The van der Waals surface area contributed by atoms with Crippen molar-refractivity contribution < 1.29 is 4.79 Å². The third-order valence-electron chi connectivity index (χ3n) is 3.33. The van der Waals surface area contributed by atoms with Crippen molar-refractivity contribution in [1.29, 1.82) is 0 Å². The third kappa shape index (κ3) is 2.41. The molecule has 1 aliphatic rings. The lowest BCUT2D eigenvalue weighted by atomic mass is 10.1. The summed E-state index contributed by atoms with van der Waals surface area (Å²) in [6.07, 6.45) is 3.83. The second-order valence-corrected chi connectivity index (χ2v) is 4.92. The highest BCUT2D eigenvalue weighted by molar-refractivity contribution is 5.88. The van der Waals surface area contributed by atoms with Gasteiger partial charge in [-0.3, -0.25) is 4.79 Å². The van der Waals surface area contributed by atoms with Crippen molar-refractivity contribution in [1.82, 2.24) is 4.90 Å². The van der Waals surface area contributed by atoms with Crippen molar-refractivity contribution in [2.24, 2.45) is 0 Å². The van der Waals surface area contributed by atoms with Crippen LogP contribution in [0.1, 0.15) is 37.4 Å². The standard InChI is InChI=1S/C15H19NO/c1-11(2)10-15(17)16(3)14-9-8-12-6-4-5-7-13(12)14/h4-7,10,14H,8-9H2,1-3H3. The second kappa shape index (κ2) is 4.74. The molecule has 0 saturated carbocycles. The Morgan fingerprint density at radius 3 is 2.76 bits per heavy atom. The number of fused-ring (bicyclic) bond motifs is 1. The van der Waals surface area contributed by atoms with Crippen molar-refractivity contribution in [2.75, 3.05) is 7.05 Å². The van der Waals surface area contributed by atoms with Gasteiger partial charge in [-0.1, -0.05) is 29.8 Å². The Morgan fingerprint density at radius 2 is 2.06 bits per heavy atom. The van der Waals surface area contributed by atoms with Gasteiger partial charge in [0.25, 0.3) is 0 Å². The van der Waals surface area contributed by atoms with Crippen LogP contribution in [0.25, 0.3) is 0 Å². The predicted octanol–water partition coefficient (Wildman–Crippen LogP) is 3.10. The number of rotatable bonds is 2. The van der Waals surface area contributed by atoms with Crippen LogP contribution in [0.15, 0.2) is 35.9 Å². The number of hydrogen-bond acceptors (Lipinski definition) is 1. The number of nitrogens with zero attached hydrogens (tertiary/aromatic N) is 1. The van der Waals surface area contributed by atoms with Crippen LogP contribution in [0.4, 0.5) is 0 Å². The number of carbonyl (C=O) groups excluding carboxylic acids is 1. The molecule has 1 amide bonds. The van der Waals surface area contributed by atoms with E-state index >= 15 is 0 Å². The average molecular weight is 229 g/mol. The fourth-order valence-corrected chi connectivity index (χ4v) is 2.44. The van der Waals surface area contributed by atoms with E-state index in [9.17, 15) is 4.79 Å². The highest BCUT2D eigenvalue weighted by Crippen LogP contribution is 2.34. The van der Waals surface area contributed by atoms with Crippen LogP contribution in [-0.2, 0) is 11.2 Å². The normalized spacial score (nSPS) is 17.5. The smallest absolute Gasteiger partial charge is 0.246 e. The largest absolute Gasteiger partial charge is 0.335 e. The highest BCUT2D eigenvalue weighted by Gasteiger charge is 2.27. The van der Waals surface area contributed by atoms with E-state index in [4.69, 9.17) is 0 Å². The zero-order valence-electron chi connectivity index (χ0n) is 10.7. The molecular weight excluding hydrogens is 210 g/mol. The summed E-state index contributed by atoms with van der Waals surface area (Å²) in [6, 6.07) is 8.66. The fourth-order valence-electron chi connectivity index (χ4n) is 2.44. The lowest BCUT2D eigenvalue weighted by Crippen LogP contribution is -2.28. The summed E-state index contributed by atoms with van der Waals surface area (Å²) in [6.45, 7) is 3.91. The summed E-state index contributed by atoms with van der Waals surface area (Å²) in [5.41, 5.74) is 3.74. The van der Waals surface area contributed by atoms with E-state index in [1.165, 1.54) is 11.1 Å². The Kier molecular flexibility index (Phi) is 3.32. The Balaban J connectivity index is 2.20. The van der Waals surface area contributed by atoms with Crippen LogP contribution in [0, 0.1) is 0 Å². The molecule has 1 atom stereocenters. The molecule has 0 heterocycles. The molecule has 1 aromatic rings. The molecule has 17 heavy (non-hydrogen) atoms. The summed E-state index contributed by atoms with van der Waals surface area (Å²) in [5.74, 6) is 0.103. The SMILES string of the molecule is CC(C)=CC(=O)N(C)C1CCc2ccccc21. The van der Waals surface area contributed by atoms with Crippen molar-refractivity contribution in [3.8, 4) is 0 Å². The first-order chi connectivity index (χ1) is 8.09. The van der Waals surface area contributed by atoms with Crippen LogP contribution < -0.4 is 0 Å². The minimum Gasteiger partial charge on any atom is -0.335 e. The van der Waals surface area contributed by atoms with Crippen LogP contribution in [0.3, 0.4) is 0 Å². The van der Waals surface area contributed by atoms with Crippen LogP contribution in [-0.4, -0.2) is 17.9 Å². The zero-order chi connectivity index (χ0) is 12.4. The topological polar surface area (TPSA) is 20.3 Å². The summed E-state index contributed by atoms with van der Waals surface area (Å²) in [5, 5.41) is 0. The minimum absolute atomic E-state index is 0.103. The van der Waals surface area contributed by atoms with Gasteiger partial charge in [-0.25, -0.2) is 0 Å². The Labute approximate surface area is 103 Å². The van der Waals surface area contributed by atoms with Gasteiger partial charge in [0.05, 0.1) is 6.04 Å². The van der Waals surface area contributed by atoms with Crippen molar-refractivity contribution in [3.63, 3.8) is 0 Å². The van der Waals surface area contributed by atoms with Gasteiger partial charge in [0.2, 0.25) is 5.91 Å². The molecule has 0 saturated heterocycles. The maximum Gasteiger partial charge on any atom is 0.246 e. The third-order valence-corrected chi connectivity index (χ3v) is 3.33. The predicted molar refractivity (Wildman–Crippen MR) is 69.7 cm³/mol. The van der Waals surface area contributed by atoms with Gasteiger partial charge in [-0.2, -0.15) is 0 Å². The van der Waals surface area contributed by atoms with E-state index in [2.05, 4.69) is 24.3 Å². The van der Waals surface area contributed by atoms with E-state index in [-0.39, 0.29) is 11.9 Å². The maximum absolute atomic E-state index is 12.0. The summed E-state index contributed by atoms with van der Waals surface area (Å²) < 4.78 is 0. The molecule has 0 aromatic heterocycles. The number of allylic oxidation sites excluding steroid dienone is 1. The molecule has 0 spiro atoms. The number of carbonyl (C=O) groups is 1. The first kappa shape index (κ1) is 11.9. The van der Waals surface area contributed by atoms with Crippen LogP contribution in [0.2, 0.25) is 0 Å². The maximum atomic E-state index is 12.0. The summed E-state index contributed by atoms with van der Waals surface area (Å²) >= 11 is 0. The Bertz CT molecular complexity index is 458. The Morgan fingerprint density at radius 1 is 1.35 bits per heavy atom. The van der Waals surface area contributed by atoms with E-state index in [1.54, 1.807) is 6.08 Å². The van der Waals surface area contributed by atoms with Crippen molar-refractivity contribution >= 4 is 5.91 Å². The quantitative estimate of drug-likeness (QED) is 0.714. The summed E-state index contributed by atoms with van der Waals surface area (Å²) in [7, 11) is 1.90. The van der Waals surface area contributed by atoms with Gasteiger partial charge in [0.1, 0.15) is 0 Å². The van der Waals surface area contributed by atoms with E-state index in [0.29, 0.717) is 0 Å². The van der Waals surface area contributed by atoms with E-state index in [1.807, 2.05) is 25.8 Å². The second-order valence-electron chi connectivity index (χ2n) is 4.92. The number of benzene rings is 1. The number of likely N-dealkylation sites (N-methyl/N-ethyl adjacent to an activating group) is 1. The molecule has 1 aliphatic carbocycles. The van der Waals surface area contributed by atoms with Gasteiger partial charge in [-0.05, 0) is 37.8 Å². The fraction of sp³-hybridized carbons (Fsp3) is 0.400. The summed E-state index contributed by atoms with van der Waals surface area (Å²) in [4.78, 5) is 13.9. The molecule has 0 aliphatic heterocycles. The number of hydrogen-bond donors (Lipinski definition) is 0. The zero-order valence-corrected chi connectivity index (χ0v) is 10.7. The lowest BCUT2D eigenvalue weighted by molar-refractivity contribution is -0.126. The van der Waals surface area contributed by atoms with Crippen molar-refractivity contribution in [3.05, 3.63) is 47.0 Å². The van der Waals surface area contributed by atoms with Gasteiger partial charge < -0.3 is 4.90 Å². The number of aryl methyl sites for hydroxylation is 1. The molecular formula is C15H19NO. The van der Waals surface area contributed by atoms with Gasteiger partial charge >= 0.3 is 0 Å². The van der Waals surface area contributed by atoms with Crippen LogP contribution in [0.5, 0.6) is 0 Å². The van der Waals surface area contributed by atoms with Gasteiger partial charge in [-0.15, -0.1) is 0 Å². The average Bonchev–Trinajstić information content (AvgIpc) is 2.70. The molecule has 2 rings (SSSR count). The first-order valence-corrected chi connectivity index (χ1v) is 6.09. The minimum atomic E-state index is 0.103. The molecule has 1 aromatic carbocycles. The van der Waals surface area contributed by atoms with E-state index < -0.39 is 0 Å². The van der Waals surface area contributed by atoms with Crippen molar-refractivity contribution in [2.45, 2.75) is 32.7 Å². The molecule has 0 bridgehead atoms. The molecule has 0 N–H and O–H groups in total. The molecule has 90 valence electrons. The lowest BCUT2D eigenvalue weighted by Gasteiger charge is -2.24. The molecule has 0 radical (unpaired) electrons. The molecule has 2 heteroatoms. The molecule has 0 fully saturated rings. The molecule has 2 nitrogen and oxygen atoms in total. The number of amides is 1. The first-order valence-electron chi connectivity index (χ1n) is 6.09.